The molecule has 0 unspecified atom stereocenters. The largest absolute Gasteiger partial charge is 0.497 e. The second kappa shape index (κ2) is 10.0. The number of methoxy groups -OCH3 is 1. The van der Waals surface area contributed by atoms with Crippen LogP contribution in [-0.2, 0) is 11.3 Å². The van der Waals surface area contributed by atoms with Crippen LogP contribution in [0.3, 0.4) is 0 Å². The summed E-state index contributed by atoms with van der Waals surface area (Å²) in [6.07, 6.45) is 0. The van der Waals surface area contributed by atoms with Gasteiger partial charge in [0.05, 0.1) is 12.9 Å². The van der Waals surface area contributed by atoms with Gasteiger partial charge in [0, 0.05) is 12.2 Å². The molecular weight excluding hydrogens is 408 g/mol. The minimum absolute atomic E-state index is 0.126. The predicted molar refractivity (Wildman–Crippen MR) is 115 cm³/mol. The number of aryl methyl sites for hydroxylation is 1. The standard InChI is InChI=1S/C20H20N4O3S2/c1-13-6-3-4-9-16(13)22-18(26)19-23-24-20(29-19)28-12-17(25)21-11-14-7-5-8-15(10-14)27-2/h3-10H,11-12H2,1-2H3,(H,21,25)(H,22,26). The number of aromatic nitrogens is 2. The van der Waals surface area contributed by atoms with Crippen molar-refractivity contribution in [3.8, 4) is 5.75 Å². The van der Waals surface area contributed by atoms with Gasteiger partial charge in [-0.05, 0) is 36.2 Å². The number of para-hydroxylation sites is 1. The molecule has 0 aliphatic rings. The van der Waals surface area contributed by atoms with Crippen LogP contribution >= 0.6 is 23.1 Å². The van der Waals surface area contributed by atoms with E-state index in [1.807, 2.05) is 55.5 Å². The molecule has 0 aliphatic heterocycles. The van der Waals surface area contributed by atoms with Crippen molar-refractivity contribution in [1.82, 2.24) is 15.5 Å². The van der Waals surface area contributed by atoms with Gasteiger partial charge in [0.2, 0.25) is 10.9 Å². The highest BCUT2D eigenvalue weighted by molar-refractivity contribution is 8.01. The van der Waals surface area contributed by atoms with E-state index in [9.17, 15) is 9.59 Å². The Hall–Kier alpha value is -2.91. The first-order valence-corrected chi connectivity index (χ1v) is 10.6. The number of thioether (sulfide) groups is 1. The summed E-state index contributed by atoms with van der Waals surface area (Å²) in [6.45, 7) is 2.33. The van der Waals surface area contributed by atoms with E-state index >= 15 is 0 Å². The number of rotatable bonds is 8. The average Bonchev–Trinajstić information content (AvgIpc) is 3.22. The van der Waals surface area contributed by atoms with Crippen LogP contribution in [0.25, 0.3) is 0 Å². The summed E-state index contributed by atoms with van der Waals surface area (Å²) in [5.74, 6) is 0.499. The summed E-state index contributed by atoms with van der Waals surface area (Å²) >= 11 is 2.41. The van der Waals surface area contributed by atoms with Gasteiger partial charge in [-0.2, -0.15) is 0 Å². The number of hydrogen-bond donors (Lipinski definition) is 2. The molecule has 0 bridgehead atoms. The van der Waals surface area contributed by atoms with Gasteiger partial charge in [-0.3, -0.25) is 9.59 Å². The number of carbonyl (C=O) groups excluding carboxylic acids is 2. The molecule has 0 saturated heterocycles. The van der Waals surface area contributed by atoms with E-state index in [1.54, 1.807) is 7.11 Å². The summed E-state index contributed by atoms with van der Waals surface area (Å²) in [4.78, 5) is 24.4. The van der Waals surface area contributed by atoms with Gasteiger partial charge in [0.15, 0.2) is 4.34 Å². The lowest BCUT2D eigenvalue weighted by Gasteiger charge is -2.06. The number of amides is 2. The molecular formula is C20H20N4O3S2. The lowest BCUT2D eigenvalue weighted by Crippen LogP contribution is -2.24. The maximum absolute atomic E-state index is 12.3. The summed E-state index contributed by atoms with van der Waals surface area (Å²) < 4.78 is 5.74. The van der Waals surface area contributed by atoms with E-state index in [0.29, 0.717) is 10.9 Å². The minimum Gasteiger partial charge on any atom is -0.497 e. The van der Waals surface area contributed by atoms with Crippen LogP contribution in [0.4, 0.5) is 5.69 Å². The molecule has 0 atom stereocenters. The monoisotopic (exact) mass is 428 g/mol. The van der Waals surface area contributed by atoms with E-state index in [0.717, 1.165) is 33.9 Å². The minimum atomic E-state index is -0.314. The first kappa shape index (κ1) is 20.8. The van der Waals surface area contributed by atoms with Gasteiger partial charge in [-0.1, -0.05) is 53.4 Å². The topological polar surface area (TPSA) is 93.2 Å². The van der Waals surface area contributed by atoms with Crippen LogP contribution in [0.2, 0.25) is 0 Å². The van der Waals surface area contributed by atoms with Crippen molar-refractivity contribution in [2.45, 2.75) is 17.8 Å². The number of hydrogen-bond acceptors (Lipinski definition) is 7. The van der Waals surface area contributed by atoms with E-state index < -0.39 is 0 Å². The van der Waals surface area contributed by atoms with Gasteiger partial charge >= 0.3 is 0 Å². The second-order valence-corrected chi connectivity index (χ2v) is 8.26. The van der Waals surface area contributed by atoms with Crippen LogP contribution in [0.1, 0.15) is 20.9 Å². The fraction of sp³-hybridized carbons (Fsp3) is 0.200. The number of nitrogens with zero attached hydrogens (tertiary/aromatic N) is 2. The summed E-state index contributed by atoms with van der Waals surface area (Å²) in [6, 6.07) is 15.0. The highest BCUT2D eigenvalue weighted by atomic mass is 32.2. The molecule has 29 heavy (non-hydrogen) atoms. The smallest absolute Gasteiger partial charge is 0.286 e. The fourth-order valence-electron chi connectivity index (χ4n) is 2.41. The third kappa shape index (κ3) is 6.03. The van der Waals surface area contributed by atoms with Crippen LogP contribution in [-0.4, -0.2) is 34.9 Å². The van der Waals surface area contributed by atoms with Gasteiger partial charge in [-0.25, -0.2) is 0 Å². The van der Waals surface area contributed by atoms with Crippen molar-refractivity contribution in [1.29, 1.82) is 0 Å². The van der Waals surface area contributed by atoms with Gasteiger partial charge in [0.25, 0.3) is 5.91 Å². The highest BCUT2D eigenvalue weighted by Gasteiger charge is 2.15. The number of carbonyl (C=O) groups is 2. The molecule has 3 aromatic rings. The Morgan fingerprint density at radius 3 is 2.76 bits per heavy atom. The summed E-state index contributed by atoms with van der Waals surface area (Å²) in [5, 5.41) is 13.8. The van der Waals surface area contributed by atoms with E-state index in [4.69, 9.17) is 4.74 Å². The molecule has 2 N–H and O–H groups in total. The number of nitrogens with one attached hydrogen (secondary N) is 2. The second-order valence-electron chi connectivity index (χ2n) is 6.06. The van der Waals surface area contributed by atoms with Crippen LogP contribution in [0, 0.1) is 6.92 Å². The van der Waals surface area contributed by atoms with Crippen molar-refractivity contribution in [3.63, 3.8) is 0 Å². The van der Waals surface area contributed by atoms with Crippen LogP contribution < -0.4 is 15.4 Å². The molecule has 0 saturated carbocycles. The van der Waals surface area contributed by atoms with Crippen molar-refractivity contribution >= 4 is 40.6 Å². The molecule has 150 valence electrons. The Balaban J connectivity index is 1.47. The van der Waals surface area contributed by atoms with Gasteiger partial charge < -0.3 is 15.4 Å². The SMILES string of the molecule is COc1cccc(CNC(=O)CSc2nnc(C(=O)Nc3ccccc3C)s2)c1. The molecule has 3 rings (SSSR count). The zero-order valence-electron chi connectivity index (χ0n) is 16.0. The first-order chi connectivity index (χ1) is 14.0. The average molecular weight is 429 g/mol. The third-order valence-corrected chi connectivity index (χ3v) is 6.00. The van der Waals surface area contributed by atoms with Crippen molar-refractivity contribution in [2.75, 3.05) is 18.2 Å². The van der Waals surface area contributed by atoms with E-state index in [2.05, 4.69) is 20.8 Å². The quantitative estimate of drug-likeness (QED) is 0.533. The molecule has 1 aromatic heterocycles. The van der Waals surface area contributed by atoms with Crippen molar-refractivity contribution in [3.05, 3.63) is 64.7 Å². The number of anilines is 1. The fourth-order valence-corrected chi connectivity index (χ4v) is 3.99. The molecule has 2 aromatic carbocycles. The molecule has 0 spiro atoms. The lowest BCUT2D eigenvalue weighted by atomic mass is 10.2. The third-order valence-electron chi connectivity index (χ3n) is 3.94. The highest BCUT2D eigenvalue weighted by Crippen LogP contribution is 2.23. The Bertz CT molecular complexity index is 1010. The first-order valence-electron chi connectivity index (χ1n) is 8.78. The van der Waals surface area contributed by atoms with E-state index in [1.165, 1.54) is 11.8 Å². The molecule has 2 amide bonds. The number of ether oxygens (including phenoxy) is 1. The number of benzene rings is 2. The zero-order valence-corrected chi connectivity index (χ0v) is 17.6. The zero-order chi connectivity index (χ0) is 20.6. The maximum Gasteiger partial charge on any atom is 0.286 e. The van der Waals surface area contributed by atoms with Crippen molar-refractivity contribution in [2.24, 2.45) is 0 Å². The molecule has 0 fully saturated rings. The van der Waals surface area contributed by atoms with Crippen molar-refractivity contribution < 1.29 is 14.3 Å². The van der Waals surface area contributed by atoms with Crippen LogP contribution in [0.15, 0.2) is 52.9 Å². The normalized spacial score (nSPS) is 10.4. The van der Waals surface area contributed by atoms with Gasteiger partial charge in [-0.15, -0.1) is 10.2 Å². The van der Waals surface area contributed by atoms with Crippen LogP contribution in [0.5, 0.6) is 5.75 Å². The Kier molecular flexibility index (Phi) is 7.20. The Morgan fingerprint density at radius 2 is 1.97 bits per heavy atom. The molecule has 1 heterocycles. The van der Waals surface area contributed by atoms with E-state index in [-0.39, 0.29) is 22.6 Å². The summed E-state index contributed by atoms with van der Waals surface area (Å²) in [5.41, 5.74) is 2.65. The Morgan fingerprint density at radius 1 is 1.14 bits per heavy atom. The molecule has 0 radical (unpaired) electrons. The molecule has 9 heteroatoms. The molecule has 0 aliphatic carbocycles. The molecule has 7 nitrogen and oxygen atoms in total. The maximum atomic E-state index is 12.3. The van der Waals surface area contributed by atoms with Gasteiger partial charge in [0.1, 0.15) is 5.75 Å². The summed E-state index contributed by atoms with van der Waals surface area (Å²) in [7, 11) is 1.60. The lowest BCUT2D eigenvalue weighted by molar-refractivity contribution is -0.118. The predicted octanol–water partition coefficient (Wildman–Crippen LogP) is 3.52. The Labute approximate surface area is 176 Å².